The first-order valence-electron chi connectivity index (χ1n) is 5.01. The predicted octanol–water partition coefficient (Wildman–Crippen LogP) is 2.95. The number of hydrogen-bond donors (Lipinski definition) is 1. The van der Waals surface area contributed by atoms with Crippen molar-refractivity contribution < 1.29 is 4.39 Å². The summed E-state index contributed by atoms with van der Waals surface area (Å²) in [6, 6.07) is 4.67. The molecule has 2 aromatic rings. The Morgan fingerprint density at radius 2 is 2.12 bits per heavy atom. The Labute approximate surface area is 97.9 Å². The van der Waals surface area contributed by atoms with Gasteiger partial charge in [-0.25, -0.2) is 9.37 Å². The van der Waals surface area contributed by atoms with Crippen LogP contribution in [0.2, 0.25) is 0 Å². The van der Waals surface area contributed by atoms with Crippen molar-refractivity contribution in [1.82, 2.24) is 4.98 Å². The predicted molar refractivity (Wildman–Crippen MR) is 64.0 cm³/mol. The molecule has 16 heavy (non-hydrogen) atoms. The van der Waals surface area contributed by atoms with Crippen LogP contribution in [0.1, 0.15) is 27.9 Å². The summed E-state index contributed by atoms with van der Waals surface area (Å²) < 4.78 is 13.1. The first-order chi connectivity index (χ1) is 7.58. The molecule has 0 bridgehead atoms. The standard InChI is InChI=1S/C12H13FN2S/c1-7-5-9(3-4-10(7)13)11(14)12-15-8(2)6-16-12/h3-6,11H,14H2,1-2H3. The Hall–Kier alpha value is -1.26. The SMILES string of the molecule is Cc1csc(C(N)c2ccc(F)c(C)c2)n1. The van der Waals surface area contributed by atoms with E-state index in [0.29, 0.717) is 5.56 Å². The monoisotopic (exact) mass is 236 g/mol. The van der Waals surface area contributed by atoms with Gasteiger partial charge in [0.05, 0.1) is 6.04 Å². The second-order valence-corrected chi connectivity index (χ2v) is 4.70. The summed E-state index contributed by atoms with van der Waals surface area (Å²) in [5.41, 5.74) is 8.55. The van der Waals surface area contributed by atoms with E-state index >= 15 is 0 Å². The van der Waals surface area contributed by atoms with Crippen molar-refractivity contribution in [2.75, 3.05) is 0 Å². The molecule has 0 amide bonds. The Morgan fingerprint density at radius 3 is 2.69 bits per heavy atom. The van der Waals surface area contributed by atoms with Crippen molar-refractivity contribution in [2.24, 2.45) is 5.73 Å². The minimum atomic E-state index is -0.266. The summed E-state index contributed by atoms with van der Waals surface area (Å²) in [7, 11) is 0. The smallest absolute Gasteiger partial charge is 0.126 e. The molecule has 0 saturated carbocycles. The number of aryl methyl sites for hydroxylation is 2. The fourth-order valence-corrected chi connectivity index (χ4v) is 2.34. The molecule has 1 heterocycles. The summed E-state index contributed by atoms with van der Waals surface area (Å²) >= 11 is 1.53. The molecule has 2 nitrogen and oxygen atoms in total. The fourth-order valence-electron chi connectivity index (χ4n) is 1.52. The molecule has 0 aliphatic carbocycles. The quantitative estimate of drug-likeness (QED) is 0.870. The van der Waals surface area contributed by atoms with Crippen LogP contribution in [0.5, 0.6) is 0 Å². The highest BCUT2D eigenvalue weighted by molar-refractivity contribution is 7.09. The van der Waals surface area contributed by atoms with E-state index in [1.165, 1.54) is 17.4 Å². The van der Waals surface area contributed by atoms with Crippen LogP contribution in [0.15, 0.2) is 23.6 Å². The number of hydrogen-bond acceptors (Lipinski definition) is 3. The van der Waals surface area contributed by atoms with Crippen molar-refractivity contribution in [3.05, 3.63) is 51.2 Å². The van der Waals surface area contributed by atoms with E-state index in [0.717, 1.165) is 16.3 Å². The number of thiazole rings is 1. The highest BCUT2D eigenvalue weighted by Gasteiger charge is 2.13. The van der Waals surface area contributed by atoms with Crippen LogP contribution in [0.25, 0.3) is 0 Å². The number of aromatic nitrogens is 1. The van der Waals surface area contributed by atoms with Gasteiger partial charge in [-0.2, -0.15) is 0 Å². The van der Waals surface area contributed by atoms with Gasteiger partial charge in [0, 0.05) is 11.1 Å². The molecule has 0 aliphatic rings. The molecule has 1 aromatic heterocycles. The molecule has 2 rings (SSSR count). The topological polar surface area (TPSA) is 38.9 Å². The molecule has 1 aromatic carbocycles. The van der Waals surface area contributed by atoms with Crippen molar-refractivity contribution in [3.8, 4) is 0 Å². The van der Waals surface area contributed by atoms with E-state index in [2.05, 4.69) is 4.98 Å². The first-order valence-corrected chi connectivity index (χ1v) is 5.89. The molecule has 2 N–H and O–H groups in total. The Morgan fingerprint density at radius 1 is 1.38 bits per heavy atom. The molecule has 0 aliphatic heterocycles. The number of benzene rings is 1. The largest absolute Gasteiger partial charge is 0.318 e. The maximum absolute atomic E-state index is 13.1. The van der Waals surface area contributed by atoms with Gasteiger partial charge in [-0.1, -0.05) is 12.1 Å². The van der Waals surface area contributed by atoms with Crippen LogP contribution < -0.4 is 5.73 Å². The van der Waals surface area contributed by atoms with Crippen LogP contribution in [0.3, 0.4) is 0 Å². The average Bonchev–Trinajstić information content (AvgIpc) is 2.68. The molecular formula is C12H13FN2S. The molecule has 1 atom stereocenters. The third-order valence-electron chi connectivity index (χ3n) is 2.44. The van der Waals surface area contributed by atoms with Crippen LogP contribution in [-0.4, -0.2) is 4.98 Å². The molecule has 0 saturated heterocycles. The van der Waals surface area contributed by atoms with Gasteiger partial charge in [0.15, 0.2) is 0 Å². The Bertz CT molecular complexity index is 507. The normalized spacial score (nSPS) is 12.8. The minimum absolute atomic E-state index is 0.203. The molecule has 84 valence electrons. The third-order valence-corrected chi connectivity index (χ3v) is 3.49. The number of nitrogens with zero attached hydrogens (tertiary/aromatic N) is 1. The zero-order valence-corrected chi connectivity index (χ0v) is 10.0. The van der Waals surface area contributed by atoms with E-state index in [1.807, 2.05) is 12.3 Å². The van der Waals surface area contributed by atoms with Gasteiger partial charge in [-0.05, 0) is 31.0 Å². The maximum atomic E-state index is 13.1. The van der Waals surface area contributed by atoms with Crippen LogP contribution >= 0.6 is 11.3 Å². The second-order valence-electron chi connectivity index (χ2n) is 3.81. The Kier molecular flexibility index (Phi) is 3.03. The molecule has 0 spiro atoms. The van der Waals surface area contributed by atoms with E-state index in [1.54, 1.807) is 19.1 Å². The fraction of sp³-hybridized carbons (Fsp3) is 0.250. The second kappa shape index (κ2) is 4.31. The summed E-state index contributed by atoms with van der Waals surface area (Å²) in [5.74, 6) is -0.203. The number of nitrogens with two attached hydrogens (primary N) is 1. The molecule has 4 heteroatoms. The van der Waals surface area contributed by atoms with Gasteiger partial charge in [0.2, 0.25) is 0 Å². The minimum Gasteiger partial charge on any atom is -0.318 e. The third kappa shape index (κ3) is 2.13. The summed E-state index contributed by atoms with van der Waals surface area (Å²) in [4.78, 5) is 4.34. The summed E-state index contributed by atoms with van der Waals surface area (Å²) in [6.07, 6.45) is 0. The zero-order chi connectivity index (χ0) is 11.7. The highest BCUT2D eigenvalue weighted by atomic mass is 32.1. The van der Waals surface area contributed by atoms with Crippen molar-refractivity contribution in [2.45, 2.75) is 19.9 Å². The van der Waals surface area contributed by atoms with Crippen LogP contribution in [0.4, 0.5) is 4.39 Å². The average molecular weight is 236 g/mol. The van der Waals surface area contributed by atoms with Crippen LogP contribution in [-0.2, 0) is 0 Å². The van der Waals surface area contributed by atoms with Crippen molar-refractivity contribution in [1.29, 1.82) is 0 Å². The van der Waals surface area contributed by atoms with Gasteiger partial charge in [0.25, 0.3) is 0 Å². The summed E-state index contributed by atoms with van der Waals surface area (Å²) in [5, 5.41) is 2.83. The highest BCUT2D eigenvalue weighted by Crippen LogP contribution is 2.24. The first kappa shape index (κ1) is 11.2. The van der Waals surface area contributed by atoms with Gasteiger partial charge >= 0.3 is 0 Å². The van der Waals surface area contributed by atoms with Gasteiger partial charge < -0.3 is 5.73 Å². The molecule has 0 fully saturated rings. The van der Waals surface area contributed by atoms with Crippen LogP contribution in [0, 0.1) is 19.7 Å². The summed E-state index contributed by atoms with van der Waals surface area (Å²) in [6.45, 7) is 3.67. The lowest BCUT2D eigenvalue weighted by Gasteiger charge is -2.09. The molecule has 0 radical (unpaired) electrons. The van der Waals surface area contributed by atoms with Crippen molar-refractivity contribution in [3.63, 3.8) is 0 Å². The lowest BCUT2D eigenvalue weighted by molar-refractivity contribution is 0.617. The Balaban J connectivity index is 2.33. The lowest BCUT2D eigenvalue weighted by atomic mass is 10.1. The van der Waals surface area contributed by atoms with Gasteiger partial charge in [-0.3, -0.25) is 0 Å². The van der Waals surface area contributed by atoms with E-state index in [4.69, 9.17) is 5.73 Å². The molecular weight excluding hydrogens is 223 g/mol. The number of rotatable bonds is 2. The van der Waals surface area contributed by atoms with Gasteiger partial charge in [-0.15, -0.1) is 11.3 Å². The zero-order valence-electron chi connectivity index (χ0n) is 9.20. The maximum Gasteiger partial charge on any atom is 0.126 e. The molecule has 1 unspecified atom stereocenters. The number of halogens is 1. The van der Waals surface area contributed by atoms with E-state index in [9.17, 15) is 4.39 Å². The van der Waals surface area contributed by atoms with E-state index in [-0.39, 0.29) is 11.9 Å². The van der Waals surface area contributed by atoms with Gasteiger partial charge in [0.1, 0.15) is 10.8 Å². The van der Waals surface area contributed by atoms with Crippen molar-refractivity contribution >= 4 is 11.3 Å². The van der Waals surface area contributed by atoms with E-state index < -0.39 is 0 Å². The lowest BCUT2D eigenvalue weighted by Crippen LogP contribution is -2.12.